The molecule has 0 saturated heterocycles. The van der Waals surface area contributed by atoms with Crippen molar-refractivity contribution in [3.63, 3.8) is 0 Å². The van der Waals surface area contributed by atoms with E-state index in [-0.39, 0.29) is 12.5 Å². The highest BCUT2D eigenvalue weighted by atomic mass is 16.3. The van der Waals surface area contributed by atoms with Crippen molar-refractivity contribution < 1.29 is 9.90 Å². The van der Waals surface area contributed by atoms with Gasteiger partial charge in [-0.1, -0.05) is 29.8 Å². The molecule has 2 atom stereocenters. The second-order valence-electron chi connectivity index (χ2n) is 3.98. The van der Waals surface area contributed by atoms with E-state index in [2.05, 4.69) is 5.32 Å². The Morgan fingerprint density at radius 2 is 2.00 bits per heavy atom. The van der Waals surface area contributed by atoms with Crippen molar-refractivity contribution in [2.24, 2.45) is 5.73 Å². The number of amides is 1. The summed E-state index contributed by atoms with van der Waals surface area (Å²) in [5, 5.41) is 11.6. The Kier molecular flexibility index (Phi) is 4.46. The lowest BCUT2D eigenvalue weighted by atomic mass is 10.1. The third-order valence-corrected chi connectivity index (χ3v) is 2.29. The van der Waals surface area contributed by atoms with Crippen LogP contribution in [-0.4, -0.2) is 23.7 Å². The number of hydrogen-bond donors (Lipinski definition) is 3. The van der Waals surface area contributed by atoms with Gasteiger partial charge in [0.25, 0.3) is 0 Å². The largest absolute Gasteiger partial charge is 0.392 e. The van der Waals surface area contributed by atoms with Gasteiger partial charge in [0.15, 0.2) is 0 Å². The van der Waals surface area contributed by atoms with E-state index < -0.39 is 12.1 Å². The molecule has 1 aromatic carbocycles. The molecular weight excluding hydrogens is 204 g/mol. The number of benzene rings is 1. The Morgan fingerprint density at radius 3 is 2.50 bits per heavy atom. The minimum Gasteiger partial charge on any atom is -0.392 e. The number of aliphatic hydroxyl groups excluding tert-OH is 1. The van der Waals surface area contributed by atoms with E-state index in [4.69, 9.17) is 10.8 Å². The zero-order valence-electron chi connectivity index (χ0n) is 9.60. The maximum absolute atomic E-state index is 11.6. The van der Waals surface area contributed by atoms with E-state index in [1.807, 2.05) is 31.2 Å². The van der Waals surface area contributed by atoms with Gasteiger partial charge in [0, 0.05) is 6.54 Å². The monoisotopic (exact) mass is 222 g/mol. The molecule has 1 unspecified atom stereocenters. The number of rotatable bonds is 4. The molecule has 88 valence electrons. The predicted octanol–water partition coefficient (Wildman–Crippen LogP) is 0.492. The fraction of sp³-hybridized carbons (Fsp3) is 0.417. The number of nitrogens with two attached hydrogens (primary N) is 1. The van der Waals surface area contributed by atoms with Gasteiger partial charge in [-0.15, -0.1) is 0 Å². The molecule has 4 N–H and O–H groups in total. The SMILES string of the molecule is Cc1ccc(C(N)C(=O)NC[C@@H](C)O)cc1. The van der Waals surface area contributed by atoms with E-state index >= 15 is 0 Å². The van der Waals surface area contributed by atoms with E-state index in [1.165, 1.54) is 0 Å². The van der Waals surface area contributed by atoms with Gasteiger partial charge in [-0.2, -0.15) is 0 Å². The lowest BCUT2D eigenvalue weighted by Crippen LogP contribution is -2.37. The van der Waals surface area contributed by atoms with Crippen LogP contribution in [0.3, 0.4) is 0 Å². The number of hydrogen-bond acceptors (Lipinski definition) is 3. The van der Waals surface area contributed by atoms with Gasteiger partial charge >= 0.3 is 0 Å². The highest BCUT2D eigenvalue weighted by molar-refractivity contribution is 5.82. The summed E-state index contributed by atoms with van der Waals surface area (Å²) in [5.41, 5.74) is 7.68. The Balaban J connectivity index is 2.59. The van der Waals surface area contributed by atoms with Gasteiger partial charge in [0.2, 0.25) is 5.91 Å². The van der Waals surface area contributed by atoms with E-state index in [9.17, 15) is 4.79 Å². The topological polar surface area (TPSA) is 75.4 Å². The average molecular weight is 222 g/mol. The van der Waals surface area contributed by atoms with Crippen LogP contribution in [0.1, 0.15) is 24.1 Å². The van der Waals surface area contributed by atoms with Gasteiger partial charge in [-0.05, 0) is 19.4 Å². The first-order chi connectivity index (χ1) is 7.50. The molecule has 0 fully saturated rings. The molecule has 0 aliphatic heterocycles. The van der Waals surface area contributed by atoms with Crippen LogP contribution in [0.4, 0.5) is 0 Å². The van der Waals surface area contributed by atoms with Crippen molar-refractivity contribution in [1.82, 2.24) is 5.32 Å². The summed E-state index contributed by atoms with van der Waals surface area (Å²) in [5.74, 6) is -0.273. The number of aryl methyl sites for hydroxylation is 1. The molecule has 0 aliphatic carbocycles. The summed E-state index contributed by atoms with van der Waals surface area (Å²) < 4.78 is 0. The van der Waals surface area contributed by atoms with Crippen molar-refractivity contribution in [3.05, 3.63) is 35.4 Å². The zero-order valence-corrected chi connectivity index (χ0v) is 9.60. The number of aliphatic hydroxyl groups is 1. The van der Waals surface area contributed by atoms with Gasteiger partial charge in [0.1, 0.15) is 6.04 Å². The maximum Gasteiger partial charge on any atom is 0.241 e. The summed E-state index contributed by atoms with van der Waals surface area (Å²) in [6.07, 6.45) is -0.561. The van der Waals surface area contributed by atoms with Crippen LogP contribution < -0.4 is 11.1 Å². The van der Waals surface area contributed by atoms with Crippen LogP contribution in [0.15, 0.2) is 24.3 Å². The van der Waals surface area contributed by atoms with Crippen molar-refractivity contribution in [1.29, 1.82) is 0 Å². The smallest absolute Gasteiger partial charge is 0.241 e. The van der Waals surface area contributed by atoms with Crippen molar-refractivity contribution in [2.45, 2.75) is 26.0 Å². The normalized spacial score (nSPS) is 14.2. The summed E-state index contributed by atoms with van der Waals surface area (Å²) in [4.78, 5) is 11.6. The number of carbonyl (C=O) groups excluding carboxylic acids is 1. The molecule has 1 aromatic rings. The minimum atomic E-state index is -0.681. The first-order valence-electron chi connectivity index (χ1n) is 5.28. The molecule has 4 nitrogen and oxygen atoms in total. The van der Waals surface area contributed by atoms with Crippen LogP contribution in [0.25, 0.3) is 0 Å². The molecule has 16 heavy (non-hydrogen) atoms. The fourth-order valence-electron chi connectivity index (χ4n) is 1.28. The van der Waals surface area contributed by atoms with E-state index in [0.29, 0.717) is 0 Å². The van der Waals surface area contributed by atoms with Crippen molar-refractivity contribution in [3.8, 4) is 0 Å². The van der Waals surface area contributed by atoms with Crippen LogP contribution in [-0.2, 0) is 4.79 Å². The summed E-state index contributed by atoms with van der Waals surface area (Å²) >= 11 is 0. The molecule has 0 aromatic heterocycles. The molecule has 0 aliphatic rings. The molecule has 0 heterocycles. The van der Waals surface area contributed by atoms with Crippen LogP contribution in [0.5, 0.6) is 0 Å². The standard InChI is InChI=1S/C12H18N2O2/c1-8-3-5-10(6-4-8)11(13)12(16)14-7-9(2)15/h3-6,9,11,15H,7,13H2,1-2H3,(H,14,16)/t9-,11?/m1/s1. The average Bonchev–Trinajstić information content (AvgIpc) is 2.26. The zero-order chi connectivity index (χ0) is 12.1. The molecule has 4 heteroatoms. The highest BCUT2D eigenvalue weighted by Crippen LogP contribution is 2.11. The first kappa shape index (κ1) is 12.7. The summed E-state index contributed by atoms with van der Waals surface area (Å²) in [7, 11) is 0. The summed E-state index contributed by atoms with van der Waals surface area (Å²) in [6, 6.07) is 6.82. The van der Waals surface area contributed by atoms with Crippen molar-refractivity contribution >= 4 is 5.91 Å². The lowest BCUT2D eigenvalue weighted by molar-refractivity contribution is -0.122. The lowest BCUT2D eigenvalue weighted by Gasteiger charge is -2.13. The molecule has 0 saturated carbocycles. The molecule has 0 bridgehead atoms. The summed E-state index contributed by atoms with van der Waals surface area (Å²) in [6.45, 7) is 3.80. The van der Waals surface area contributed by atoms with Crippen molar-refractivity contribution in [2.75, 3.05) is 6.54 Å². The Morgan fingerprint density at radius 1 is 1.44 bits per heavy atom. The first-order valence-corrected chi connectivity index (χ1v) is 5.28. The fourth-order valence-corrected chi connectivity index (χ4v) is 1.28. The van der Waals surface area contributed by atoms with E-state index in [0.717, 1.165) is 11.1 Å². The highest BCUT2D eigenvalue weighted by Gasteiger charge is 2.15. The van der Waals surface area contributed by atoms with Crippen LogP contribution >= 0.6 is 0 Å². The molecule has 1 rings (SSSR count). The van der Waals surface area contributed by atoms with Gasteiger partial charge < -0.3 is 16.2 Å². The quantitative estimate of drug-likeness (QED) is 0.694. The number of carbonyl (C=O) groups is 1. The predicted molar refractivity (Wildman–Crippen MR) is 62.8 cm³/mol. The molecule has 0 radical (unpaired) electrons. The molecule has 1 amide bonds. The van der Waals surface area contributed by atoms with E-state index in [1.54, 1.807) is 6.92 Å². The molecular formula is C12H18N2O2. The molecule has 0 spiro atoms. The Labute approximate surface area is 95.5 Å². The second-order valence-corrected chi connectivity index (χ2v) is 3.98. The third kappa shape index (κ3) is 3.64. The second kappa shape index (κ2) is 5.63. The Bertz CT molecular complexity index is 347. The third-order valence-electron chi connectivity index (χ3n) is 2.29. The van der Waals surface area contributed by atoms with Crippen LogP contribution in [0, 0.1) is 6.92 Å². The Hall–Kier alpha value is -1.39. The van der Waals surface area contributed by atoms with Gasteiger partial charge in [0.05, 0.1) is 6.10 Å². The maximum atomic E-state index is 11.6. The van der Waals surface area contributed by atoms with Crippen LogP contribution in [0.2, 0.25) is 0 Å². The van der Waals surface area contributed by atoms with Gasteiger partial charge in [-0.25, -0.2) is 0 Å². The number of nitrogens with one attached hydrogen (secondary N) is 1. The minimum absolute atomic E-state index is 0.221. The van der Waals surface area contributed by atoms with Gasteiger partial charge in [-0.3, -0.25) is 4.79 Å².